The second kappa shape index (κ2) is 5.31. The lowest BCUT2D eigenvalue weighted by atomic mass is 10.2. The van der Waals surface area contributed by atoms with Gasteiger partial charge in [-0.05, 0) is 12.8 Å². The Balaban J connectivity index is 2.03. The van der Waals surface area contributed by atoms with Crippen molar-refractivity contribution in [3.05, 3.63) is 28.5 Å². The van der Waals surface area contributed by atoms with Crippen LogP contribution in [0.5, 0.6) is 0 Å². The Labute approximate surface area is 106 Å². The molecule has 0 aliphatic carbocycles. The van der Waals surface area contributed by atoms with Crippen molar-refractivity contribution in [3.63, 3.8) is 0 Å². The quantitative estimate of drug-likeness (QED) is 0.887. The largest absolute Gasteiger partial charge is 0.355 e. The Morgan fingerprint density at radius 2 is 2.24 bits per heavy atom. The van der Waals surface area contributed by atoms with Gasteiger partial charge in [0.1, 0.15) is 0 Å². The summed E-state index contributed by atoms with van der Waals surface area (Å²) in [5, 5.41) is 4.46. The summed E-state index contributed by atoms with van der Waals surface area (Å²) in [5.74, 6) is 1.55. The molecular weight excluding hydrogens is 232 g/mol. The molecule has 92 valence electrons. The number of aromatic nitrogens is 3. The normalized spacial score (nSPS) is 11.1. The second-order valence-electron chi connectivity index (χ2n) is 4.50. The Morgan fingerprint density at radius 3 is 2.88 bits per heavy atom. The molecule has 17 heavy (non-hydrogen) atoms. The van der Waals surface area contributed by atoms with Crippen molar-refractivity contribution in [3.8, 4) is 0 Å². The molecule has 2 rings (SSSR count). The Morgan fingerprint density at radius 1 is 1.41 bits per heavy atom. The van der Waals surface area contributed by atoms with Crippen LogP contribution in [-0.4, -0.2) is 21.1 Å². The number of anilines is 1. The third-order valence-electron chi connectivity index (χ3n) is 2.38. The number of nitrogens with zero attached hydrogens (tertiary/aromatic N) is 3. The highest BCUT2D eigenvalue weighted by molar-refractivity contribution is 7.11. The average molecular weight is 250 g/mol. The van der Waals surface area contributed by atoms with Gasteiger partial charge in [0, 0.05) is 30.0 Å². The van der Waals surface area contributed by atoms with E-state index in [2.05, 4.69) is 33.7 Å². The molecule has 0 aliphatic rings. The third-order valence-corrected chi connectivity index (χ3v) is 3.28. The molecule has 1 N–H and O–H groups in total. The lowest BCUT2D eigenvalue weighted by Crippen LogP contribution is -2.12. The molecule has 4 nitrogen and oxygen atoms in total. The Bertz CT molecular complexity index is 472. The molecular formula is C12H18N4S. The van der Waals surface area contributed by atoms with Crippen LogP contribution in [0.15, 0.2) is 18.6 Å². The molecule has 0 atom stereocenters. The van der Waals surface area contributed by atoms with Crippen LogP contribution in [0.4, 0.5) is 5.95 Å². The van der Waals surface area contributed by atoms with Crippen molar-refractivity contribution in [1.29, 1.82) is 0 Å². The summed E-state index contributed by atoms with van der Waals surface area (Å²) in [6.07, 6.45) is 5.76. The van der Waals surface area contributed by atoms with Crippen LogP contribution in [0.1, 0.15) is 23.7 Å². The smallest absolute Gasteiger partial charge is 0.203 e. The fraction of sp³-hybridized carbons (Fsp3) is 0.500. The molecule has 0 radical (unpaired) electrons. The molecule has 2 heterocycles. The molecule has 0 aliphatic heterocycles. The maximum absolute atomic E-state index is 4.33. The van der Waals surface area contributed by atoms with Gasteiger partial charge in [0.2, 0.25) is 5.95 Å². The van der Waals surface area contributed by atoms with Crippen LogP contribution in [0.3, 0.4) is 0 Å². The average Bonchev–Trinajstić information content (AvgIpc) is 2.86. The zero-order valence-electron chi connectivity index (χ0n) is 10.5. The summed E-state index contributed by atoms with van der Waals surface area (Å²) in [7, 11) is 0. The van der Waals surface area contributed by atoms with Gasteiger partial charge in [-0.3, -0.25) is 0 Å². The summed E-state index contributed by atoms with van der Waals surface area (Å²) >= 11 is 1.73. The molecule has 2 aromatic heterocycles. The molecule has 0 amide bonds. The summed E-state index contributed by atoms with van der Waals surface area (Å²) in [5.41, 5.74) is 0. The van der Waals surface area contributed by atoms with Gasteiger partial charge in [-0.25, -0.2) is 9.97 Å². The van der Waals surface area contributed by atoms with Crippen LogP contribution in [0.2, 0.25) is 0 Å². The zero-order valence-corrected chi connectivity index (χ0v) is 11.3. The van der Waals surface area contributed by atoms with Crippen LogP contribution in [-0.2, 0) is 6.54 Å². The van der Waals surface area contributed by atoms with Crippen LogP contribution >= 0.6 is 11.3 Å². The van der Waals surface area contributed by atoms with E-state index in [1.54, 1.807) is 11.3 Å². The standard InChI is InChI=1S/C12H18N4S/c1-9(2)6-15-12-13-4-5-16(12)8-11-7-14-10(3)17-11/h4-5,7,9H,6,8H2,1-3H3,(H,13,15). The van der Waals surface area contributed by atoms with Crippen LogP contribution in [0.25, 0.3) is 0 Å². The molecule has 0 saturated carbocycles. The van der Waals surface area contributed by atoms with E-state index in [9.17, 15) is 0 Å². The monoisotopic (exact) mass is 250 g/mol. The summed E-state index contributed by atoms with van der Waals surface area (Å²) in [6.45, 7) is 8.18. The van der Waals surface area contributed by atoms with Crippen molar-refractivity contribution in [2.24, 2.45) is 5.92 Å². The van der Waals surface area contributed by atoms with Crippen molar-refractivity contribution in [1.82, 2.24) is 14.5 Å². The highest BCUT2D eigenvalue weighted by Crippen LogP contribution is 2.15. The molecule has 5 heteroatoms. The number of nitrogens with one attached hydrogen (secondary N) is 1. The highest BCUT2D eigenvalue weighted by atomic mass is 32.1. The highest BCUT2D eigenvalue weighted by Gasteiger charge is 2.05. The predicted molar refractivity (Wildman–Crippen MR) is 71.5 cm³/mol. The minimum atomic E-state index is 0.616. The number of hydrogen-bond donors (Lipinski definition) is 1. The van der Waals surface area contributed by atoms with Gasteiger partial charge in [-0.15, -0.1) is 11.3 Å². The number of imidazole rings is 1. The fourth-order valence-electron chi connectivity index (χ4n) is 1.55. The van der Waals surface area contributed by atoms with Gasteiger partial charge < -0.3 is 9.88 Å². The summed E-state index contributed by atoms with van der Waals surface area (Å²) in [6, 6.07) is 0. The van der Waals surface area contributed by atoms with E-state index in [0.717, 1.165) is 24.0 Å². The maximum Gasteiger partial charge on any atom is 0.203 e. The first kappa shape index (κ1) is 12.1. The fourth-order valence-corrected chi connectivity index (χ4v) is 2.34. The van der Waals surface area contributed by atoms with Crippen molar-refractivity contribution >= 4 is 17.3 Å². The first-order chi connectivity index (χ1) is 8.15. The molecule has 0 spiro atoms. The van der Waals surface area contributed by atoms with E-state index in [4.69, 9.17) is 0 Å². The predicted octanol–water partition coefficient (Wildman–Crippen LogP) is 2.76. The van der Waals surface area contributed by atoms with E-state index < -0.39 is 0 Å². The zero-order chi connectivity index (χ0) is 12.3. The maximum atomic E-state index is 4.33. The summed E-state index contributed by atoms with van der Waals surface area (Å²) < 4.78 is 2.12. The number of hydrogen-bond acceptors (Lipinski definition) is 4. The SMILES string of the molecule is Cc1ncc(Cn2ccnc2NCC(C)C)s1. The molecule has 2 aromatic rings. The molecule has 0 aromatic carbocycles. The summed E-state index contributed by atoms with van der Waals surface area (Å²) in [4.78, 5) is 9.85. The Hall–Kier alpha value is -1.36. The van der Waals surface area contributed by atoms with Gasteiger partial charge in [0.15, 0.2) is 0 Å². The minimum absolute atomic E-state index is 0.616. The molecule has 0 bridgehead atoms. The van der Waals surface area contributed by atoms with E-state index >= 15 is 0 Å². The van der Waals surface area contributed by atoms with Crippen LogP contribution in [0, 0.1) is 12.8 Å². The van der Waals surface area contributed by atoms with Crippen molar-refractivity contribution in [2.45, 2.75) is 27.3 Å². The molecule has 0 unspecified atom stereocenters. The van der Waals surface area contributed by atoms with E-state index in [0.29, 0.717) is 5.92 Å². The minimum Gasteiger partial charge on any atom is -0.355 e. The lowest BCUT2D eigenvalue weighted by molar-refractivity contribution is 0.677. The number of aryl methyl sites for hydroxylation is 1. The van der Waals surface area contributed by atoms with Gasteiger partial charge in [0.25, 0.3) is 0 Å². The van der Waals surface area contributed by atoms with Gasteiger partial charge >= 0.3 is 0 Å². The van der Waals surface area contributed by atoms with E-state index in [-0.39, 0.29) is 0 Å². The second-order valence-corrected chi connectivity index (χ2v) is 5.82. The Kier molecular flexibility index (Phi) is 3.78. The van der Waals surface area contributed by atoms with E-state index in [1.807, 2.05) is 25.5 Å². The van der Waals surface area contributed by atoms with Gasteiger partial charge in [0.05, 0.1) is 11.6 Å². The number of rotatable bonds is 5. The number of thiazole rings is 1. The van der Waals surface area contributed by atoms with Crippen molar-refractivity contribution in [2.75, 3.05) is 11.9 Å². The van der Waals surface area contributed by atoms with Crippen LogP contribution < -0.4 is 5.32 Å². The van der Waals surface area contributed by atoms with Gasteiger partial charge in [-0.2, -0.15) is 0 Å². The third kappa shape index (κ3) is 3.30. The van der Waals surface area contributed by atoms with E-state index in [1.165, 1.54) is 4.88 Å². The molecule has 0 saturated heterocycles. The van der Waals surface area contributed by atoms with Crippen molar-refractivity contribution < 1.29 is 0 Å². The first-order valence-electron chi connectivity index (χ1n) is 5.81. The topological polar surface area (TPSA) is 42.7 Å². The van der Waals surface area contributed by atoms with Gasteiger partial charge in [-0.1, -0.05) is 13.8 Å². The molecule has 0 fully saturated rings. The first-order valence-corrected chi connectivity index (χ1v) is 6.63. The lowest BCUT2D eigenvalue weighted by Gasteiger charge is -2.10.